The summed E-state index contributed by atoms with van der Waals surface area (Å²) < 4.78 is 14.4. The first kappa shape index (κ1) is 14.8. The van der Waals surface area contributed by atoms with E-state index >= 15 is 0 Å². The smallest absolute Gasteiger partial charge is 0.147 e. The zero-order valence-electron chi connectivity index (χ0n) is 13.3. The van der Waals surface area contributed by atoms with Crippen LogP contribution in [0.5, 0.6) is 0 Å². The lowest BCUT2D eigenvalue weighted by atomic mass is 10.0. The van der Waals surface area contributed by atoms with Crippen molar-refractivity contribution in [2.45, 2.75) is 13.3 Å². The molecule has 0 radical (unpaired) electrons. The molecule has 0 spiro atoms. The highest BCUT2D eigenvalue weighted by Gasteiger charge is 2.11. The minimum Gasteiger partial charge on any atom is -0.359 e. The van der Waals surface area contributed by atoms with Crippen molar-refractivity contribution in [3.63, 3.8) is 0 Å². The van der Waals surface area contributed by atoms with Crippen molar-refractivity contribution >= 4 is 10.9 Å². The normalized spacial score (nSPS) is 11.5. The summed E-state index contributed by atoms with van der Waals surface area (Å²) in [4.78, 5) is 5.21. The number of hydrogen-bond acceptors (Lipinski definition) is 1. The van der Waals surface area contributed by atoms with Crippen molar-refractivity contribution < 1.29 is 4.39 Å². The maximum Gasteiger partial charge on any atom is 0.147 e. The molecule has 0 aliphatic heterocycles. The Labute approximate surface area is 130 Å². The summed E-state index contributed by atoms with van der Waals surface area (Å²) in [5, 5.41) is 0.984. The molecule has 2 aromatic carbocycles. The maximum absolute atomic E-state index is 14.4. The molecule has 0 saturated heterocycles. The number of benzene rings is 2. The van der Waals surface area contributed by atoms with Gasteiger partial charge in [-0.1, -0.05) is 29.8 Å². The summed E-state index contributed by atoms with van der Waals surface area (Å²) in [6.45, 7) is 3.00. The number of nitrogens with zero attached hydrogens (tertiary/aromatic N) is 1. The second-order valence-corrected chi connectivity index (χ2v) is 6.11. The molecule has 0 aliphatic rings. The quantitative estimate of drug-likeness (QED) is 0.756. The van der Waals surface area contributed by atoms with Crippen molar-refractivity contribution in [3.05, 3.63) is 59.5 Å². The Balaban J connectivity index is 2.05. The van der Waals surface area contributed by atoms with Crippen molar-refractivity contribution in [3.8, 4) is 11.1 Å². The van der Waals surface area contributed by atoms with Crippen LogP contribution in [0.4, 0.5) is 4.39 Å². The standard InChI is InChI=1S/C19H21FN2/c1-13-4-6-14(7-5-13)16-10-17-15(8-9-22(2)3)12-21-19(17)18(20)11-16/h4-7,10-12,21H,8-9H2,1-3H3. The predicted molar refractivity (Wildman–Crippen MR) is 90.7 cm³/mol. The first-order valence-corrected chi connectivity index (χ1v) is 7.56. The van der Waals surface area contributed by atoms with E-state index in [0.717, 1.165) is 35.0 Å². The molecule has 1 N–H and O–H groups in total. The topological polar surface area (TPSA) is 19.0 Å². The van der Waals surface area contributed by atoms with Gasteiger partial charge < -0.3 is 9.88 Å². The molecule has 1 aromatic heterocycles. The van der Waals surface area contributed by atoms with E-state index in [-0.39, 0.29) is 5.82 Å². The highest BCUT2D eigenvalue weighted by Crippen LogP contribution is 2.29. The number of aryl methyl sites for hydroxylation is 1. The Morgan fingerprint density at radius 2 is 1.77 bits per heavy atom. The molecule has 3 rings (SSSR count). The van der Waals surface area contributed by atoms with Crippen molar-refractivity contribution in [2.24, 2.45) is 0 Å². The molecular weight excluding hydrogens is 275 g/mol. The molecule has 0 amide bonds. The fourth-order valence-electron chi connectivity index (χ4n) is 2.71. The molecule has 3 heteroatoms. The van der Waals surface area contributed by atoms with Crippen LogP contribution in [-0.2, 0) is 6.42 Å². The monoisotopic (exact) mass is 296 g/mol. The molecular formula is C19H21FN2. The number of likely N-dealkylation sites (N-methyl/N-ethyl adjacent to an activating group) is 1. The average Bonchev–Trinajstić information content (AvgIpc) is 2.89. The van der Waals surface area contributed by atoms with Gasteiger partial charge in [-0.05, 0) is 56.3 Å². The Hall–Kier alpha value is -2.13. The summed E-state index contributed by atoms with van der Waals surface area (Å²) in [6, 6.07) is 11.9. The van der Waals surface area contributed by atoms with Gasteiger partial charge in [0.1, 0.15) is 5.82 Å². The molecule has 0 atom stereocenters. The minimum atomic E-state index is -0.191. The van der Waals surface area contributed by atoms with Crippen molar-refractivity contribution in [1.82, 2.24) is 9.88 Å². The third-order valence-corrected chi connectivity index (χ3v) is 4.04. The zero-order chi connectivity index (χ0) is 15.7. The Morgan fingerprint density at radius 3 is 2.45 bits per heavy atom. The van der Waals surface area contributed by atoms with Gasteiger partial charge in [0.05, 0.1) is 5.52 Å². The van der Waals surface area contributed by atoms with Crippen LogP contribution in [0.25, 0.3) is 22.0 Å². The zero-order valence-corrected chi connectivity index (χ0v) is 13.3. The van der Waals surface area contributed by atoms with E-state index in [1.54, 1.807) is 6.07 Å². The summed E-state index contributed by atoms with van der Waals surface area (Å²) >= 11 is 0. The lowest BCUT2D eigenvalue weighted by molar-refractivity contribution is 0.414. The van der Waals surface area contributed by atoms with Crippen LogP contribution < -0.4 is 0 Å². The number of rotatable bonds is 4. The lowest BCUT2D eigenvalue weighted by Crippen LogP contribution is -2.14. The van der Waals surface area contributed by atoms with Crippen LogP contribution in [0.2, 0.25) is 0 Å². The highest BCUT2D eigenvalue weighted by molar-refractivity contribution is 5.88. The summed E-state index contributed by atoms with van der Waals surface area (Å²) in [6.07, 6.45) is 2.83. The molecule has 2 nitrogen and oxygen atoms in total. The van der Waals surface area contributed by atoms with Gasteiger partial charge >= 0.3 is 0 Å². The van der Waals surface area contributed by atoms with E-state index in [4.69, 9.17) is 0 Å². The SMILES string of the molecule is Cc1ccc(-c2cc(F)c3[nH]cc(CCN(C)C)c3c2)cc1. The second kappa shape index (κ2) is 5.93. The largest absolute Gasteiger partial charge is 0.359 e. The number of aromatic amines is 1. The number of H-pyrrole nitrogens is 1. The lowest BCUT2D eigenvalue weighted by Gasteiger charge is -2.09. The number of nitrogens with one attached hydrogen (secondary N) is 1. The van der Waals surface area contributed by atoms with Gasteiger partial charge in [-0.2, -0.15) is 0 Å². The van der Waals surface area contributed by atoms with E-state index in [0.29, 0.717) is 5.52 Å². The van der Waals surface area contributed by atoms with E-state index in [9.17, 15) is 4.39 Å². The van der Waals surface area contributed by atoms with Crippen molar-refractivity contribution in [1.29, 1.82) is 0 Å². The minimum absolute atomic E-state index is 0.191. The Bertz CT molecular complexity index is 785. The molecule has 0 saturated carbocycles. The molecule has 3 aromatic rings. The van der Waals surface area contributed by atoms with Gasteiger partial charge in [0.25, 0.3) is 0 Å². The average molecular weight is 296 g/mol. The number of hydrogen-bond donors (Lipinski definition) is 1. The summed E-state index contributed by atoms with van der Waals surface area (Å²) in [5.74, 6) is -0.191. The highest BCUT2D eigenvalue weighted by atomic mass is 19.1. The molecule has 0 bridgehead atoms. The van der Waals surface area contributed by atoms with E-state index < -0.39 is 0 Å². The Kier molecular flexibility index (Phi) is 3.99. The molecule has 0 fully saturated rings. The summed E-state index contributed by atoms with van der Waals surface area (Å²) in [7, 11) is 4.10. The molecule has 0 unspecified atom stereocenters. The predicted octanol–water partition coefficient (Wildman–Crippen LogP) is 4.39. The van der Waals surface area contributed by atoms with Gasteiger partial charge in [-0.15, -0.1) is 0 Å². The molecule has 22 heavy (non-hydrogen) atoms. The molecule has 1 heterocycles. The number of halogens is 1. The van der Waals surface area contributed by atoms with Crippen LogP contribution in [0.1, 0.15) is 11.1 Å². The fraction of sp³-hybridized carbons (Fsp3) is 0.263. The van der Waals surface area contributed by atoms with Gasteiger partial charge in [0.15, 0.2) is 0 Å². The third-order valence-electron chi connectivity index (χ3n) is 4.04. The summed E-state index contributed by atoms with van der Waals surface area (Å²) in [5.41, 5.74) is 4.95. The maximum atomic E-state index is 14.4. The van der Waals surface area contributed by atoms with Crippen molar-refractivity contribution in [2.75, 3.05) is 20.6 Å². The Morgan fingerprint density at radius 1 is 1.05 bits per heavy atom. The fourth-order valence-corrected chi connectivity index (χ4v) is 2.71. The number of fused-ring (bicyclic) bond motifs is 1. The van der Waals surface area contributed by atoms with Crippen LogP contribution in [-0.4, -0.2) is 30.5 Å². The van der Waals surface area contributed by atoms with E-state index in [1.807, 2.05) is 32.4 Å². The van der Waals surface area contributed by atoms with E-state index in [2.05, 4.69) is 35.0 Å². The molecule has 0 aliphatic carbocycles. The third kappa shape index (κ3) is 2.90. The van der Waals surface area contributed by atoms with Gasteiger partial charge in [-0.3, -0.25) is 0 Å². The molecule has 114 valence electrons. The first-order valence-electron chi connectivity index (χ1n) is 7.56. The second-order valence-electron chi connectivity index (χ2n) is 6.11. The van der Waals surface area contributed by atoms with Crippen LogP contribution in [0.15, 0.2) is 42.6 Å². The van der Waals surface area contributed by atoms with Gasteiger partial charge in [0.2, 0.25) is 0 Å². The first-order chi connectivity index (χ1) is 10.5. The van der Waals surface area contributed by atoms with Crippen LogP contribution in [0.3, 0.4) is 0 Å². The van der Waals surface area contributed by atoms with Gasteiger partial charge in [-0.25, -0.2) is 4.39 Å². The number of aromatic nitrogens is 1. The van der Waals surface area contributed by atoms with Crippen LogP contribution in [0, 0.1) is 12.7 Å². The van der Waals surface area contributed by atoms with E-state index in [1.165, 1.54) is 5.56 Å². The van der Waals surface area contributed by atoms with Crippen LogP contribution >= 0.6 is 0 Å². The van der Waals surface area contributed by atoms with Gasteiger partial charge in [0, 0.05) is 18.1 Å².